The molecule has 0 unspecified atom stereocenters. The molecule has 0 saturated carbocycles. The Morgan fingerprint density at radius 1 is 1.17 bits per heavy atom. The summed E-state index contributed by atoms with van der Waals surface area (Å²) in [5.74, 6) is 1.50. The third-order valence-electron chi connectivity index (χ3n) is 7.18. The number of nitrogens with zero attached hydrogens (tertiary/aromatic N) is 1. The SMILES string of the molecule is C[C@]12C=CC3=CC4=C(CCCC4=O)O[C@H]3[C@@H]1CC=C2c1ccc2cnccc2c1. The molecule has 3 nitrogen and oxygen atoms in total. The molecule has 0 amide bonds. The van der Waals surface area contributed by atoms with E-state index in [0.717, 1.165) is 41.6 Å². The number of benzene rings is 1. The van der Waals surface area contributed by atoms with Crippen LogP contribution in [0.4, 0.5) is 0 Å². The molecule has 0 N–H and O–H groups in total. The lowest BCUT2D eigenvalue weighted by atomic mass is 9.65. The highest BCUT2D eigenvalue weighted by Crippen LogP contribution is 2.56. The molecule has 0 saturated heterocycles. The van der Waals surface area contributed by atoms with Crippen molar-refractivity contribution in [2.45, 2.75) is 38.7 Å². The number of fused-ring (bicyclic) bond motifs is 4. The quantitative estimate of drug-likeness (QED) is 0.650. The third-order valence-corrected chi connectivity index (χ3v) is 7.18. The first-order chi connectivity index (χ1) is 14.1. The van der Waals surface area contributed by atoms with Crippen LogP contribution in [0.3, 0.4) is 0 Å². The van der Waals surface area contributed by atoms with Gasteiger partial charge in [0.1, 0.15) is 11.9 Å². The maximum Gasteiger partial charge on any atom is 0.166 e. The van der Waals surface area contributed by atoms with Gasteiger partial charge in [0.25, 0.3) is 0 Å². The number of hydrogen-bond donors (Lipinski definition) is 0. The van der Waals surface area contributed by atoms with Crippen LogP contribution < -0.4 is 0 Å². The summed E-state index contributed by atoms with van der Waals surface area (Å²) in [6, 6.07) is 8.72. The van der Waals surface area contributed by atoms with E-state index < -0.39 is 0 Å². The summed E-state index contributed by atoms with van der Waals surface area (Å²) in [5, 5.41) is 2.38. The smallest absolute Gasteiger partial charge is 0.166 e. The average Bonchev–Trinajstić information content (AvgIpc) is 3.10. The number of hydrogen-bond acceptors (Lipinski definition) is 3. The monoisotopic (exact) mass is 381 g/mol. The lowest BCUT2D eigenvalue weighted by molar-refractivity contribution is -0.116. The van der Waals surface area contributed by atoms with Crippen molar-refractivity contribution < 1.29 is 9.53 Å². The molecule has 4 aliphatic rings. The Bertz CT molecular complexity index is 1180. The maximum absolute atomic E-state index is 12.3. The van der Waals surface area contributed by atoms with Crippen LogP contribution in [0.5, 0.6) is 0 Å². The third kappa shape index (κ3) is 2.43. The normalized spacial score (nSPS) is 30.3. The van der Waals surface area contributed by atoms with Gasteiger partial charge >= 0.3 is 0 Å². The highest BCUT2D eigenvalue weighted by molar-refractivity contribution is 5.99. The molecule has 1 aromatic carbocycles. The number of ether oxygens (including phenoxy) is 1. The largest absolute Gasteiger partial charge is 0.489 e. The second-order valence-electron chi connectivity index (χ2n) is 8.81. The molecule has 2 aromatic rings. The molecule has 1 aromatic heterocycles. The molecule has 0 bridgehead atoms. The predicted octanol–water partition coefficient (Wildman–Crippen LogP) is 5.55. The van der Waals surface area contributed by atoms with Gasteiger partial charge in [0.2, 0.25) is 0 Å². The van der Waals surface area contributed by atoms with Gasteiger partial charge in [-0.2, -0.15) is 0 Å². The van der Waals surface area contributed by atoms with E-state index in [1.807, 2.05) is 12.4 Å². The minimum atomic E-state index is -0.0700. The summed E-state index contributed by atoms with van der Waals surface area (Å²) in [4.78, 5) is 16.5. The minimum Gasteiger partial charge on any atom is -0.489 e. The Balaban J connectivity index is 1.39. The number of pyridine rings is 1. The molecule has 0 spiro atoms. The van der Waals surface area contributed by atoms with Crippen molar-refractivity contribution >= 4 is 22.1 Å². The number of ketones is 1. The summed E-state index contributed by atoms with van der Waals surface area (Å²) in [6.07, 6.45) is 16.2. The fraction of sp³-hybridized carbons (Fsp3) is 0.308. The van der Waals surface area contributed by atoms with E-state index in [1.54, 1.807) is 0 Å². The van der Waals surface area contributed by atoms with Gasteiger partial charge in [-0.1, -0.05) is 37.3 Å². The number of aromatic nitrogens is 1. The zero-order valence-corrected chi connectivity index (χ0v) is 16.5. The first-order valence-electron chi connectivity index (χ1n) is 10.5. The van der Waals surface area contributed by atoms with Crippen LogP contribution in [0.25, 0.3) is 16.3 Å². The Morgan fingerprint density at radius 2 is 2.10 bits per heavy atom. The summed E-state index contributed by atoms with van der Waals surface area (Å²) in [6.45, 7) is 2.33. The van der Waals surface area contributed by atoms with Crippen molar-refractivity contribution in [2.24, 2.45) is 11.3 Å². The zero-order chi connectivity index (χ0) is 19.6. The zero-order valence-electron chi connectivity index (χ0n) is 16.5. The molecular weight excluding hydrogens is 358 g/mol. The lowest BCUT2D eigenvalue weighted by Crippen LogP contribution is -2.40. The minimum absolute atomic E-state index is 0.0352. The molecule has 3 heteroatoms. The molecule has 29 heavy (non-hydrogen) atoms. The standard InChI is InChI=1S/C26H23NO2/c1-26-11-9-18-14-20-23(28)3-2-4-24(20)29-25(18)22(26)8-7-21(26)17-5-6-19-15-27-12-10-16(19)13-17/h5-7,9-15,22,25H,2-4,8H2,1H3/t22-,25+,26+/m0/s1. The van der Waals surface area contributed by atoms with Crippen LogP contribution in [0.1, 0.15) is 38.2 Å². The van der Waals surface area contributed by atoms with E-state index in [9.17, 15) is 4.79 Å². The van der Waals surface area contributed by atoms with E-state index in [2.05, 4.69) is 60.5 Å². The van der Waals surface area contributed by atoms with Crippen LogP contribution in [0.2, 0.25) is 0 Å². The van der Waals surface area contributed by atoms with Crippen LogP contribution in [0.15, 0.2) is 77.9 Å². The van der Waals surface area contributed by atoms with Crippen molar-refractivity contribution in [1.82, 2.24) is 4.98 Å². The van der Waals surface area contributed by atoms with Crippen LogP contribution in [-0.4, -0.2) is 16.9 Å². The number of allylic oxidation sites excluding steroid dienone is 6. The van der Waals surface area contributed by atoms with E-state index in [0.29, 0.717) is 12.3 Å². The predicted molar refractivity (Wildman–Crippen MR) is 114 cm³/mol. The highest BCUT2D eigenvalue weighted by atomic mass is 16.5. The fourth-order valence-corrected chi connectivity index (χ4v) is 5.56. The van der Waals surface area contributed by atoms with Crippen molar-refractivity contribution in [2.75, 3.05) is 0 Å². The average molecular weight is 381 g/mol. The van der Waals surface area contributed by atoms with Gasteiger partial charge in [-0.3, -0.25) is 9.78 Å². The molecule has 6 rings (SSSR count). The van der Waals surface area contributed by atoms with E-state index in [4.69, 9.17) is 4.74 Å². The summed E-state index contributed by atoms with van der Waals surface area (Å²) < 4.78 is 6.50. The van der Waals surface area contributed by atoms with Gasteiger partial charge in [0.05, 0.1) is 5.57 Å². The van der Waals surface area contributed by atoms with Gasteiger partial charge in [-0.25, -0.2) is 0 Å². The number of carbonyl (C=O) groups excluding carboxylic acids is 1. The molecular formula is C26H23NO2. The van der Waals surface area contributed by atoms with Crippen molar-refractivity contribution in [3.05, 3.63) is 83.4 Å². The topological polar surface area (TPSA) is 39.2 Å². The summed E-state index contributed by atoms with van der Waals surface area (Å²) in [5.41, 5.74) is 4.54. The van der Waals surface area contributed by atoms with Crippen molar-refractivity contribution in [3.8, 4) is 0 Å². The molecule has 3 atom stereocenters. The number of rotatable bonds is 1. The molecule has 3 aliphatic carbocycles. The van der Waals surface area contributed by atoms with Gasteiger partial charge in [0.15, 0.2) is 5.78 Å². The Labute approximate surface area is 170 Å². The van der Waals surface area contributed by atoms with E-state index in [-0.39, 0.29) is 17.3 Å². The van der Waals surface area contributed by atoms with E-state index >= 15 is 0 Å². The van der Waals surface area contributed by atoms with E-state index in [1.165, 1.54) is 16.5 Å². The number of carbonyl (C=O) groups is 1. The summed E-state index contributed by atoms with van der Waals surface area (Å²) in [7, 11) is 0. The first-order valence-corrected chi connectivity index (χ1v) is 10.5. The second-order valence-corrected chi connectivity index (χ2v) is 8.81. The maximum atomic E-state index is 12.3. The molecule has 144 valence electrons. The van der Waals surface area contributed by atoms with Crippen molar-refractivity contribution in [3.63, 3.8) is 0 Å². The second kappa shape index (κ2) is 6.03. The van der Waals surface area contributed by atoms with Crippen LogP contribution in [0, 0.1) is 11.3 Å². The first kappa shape index (κ1) is 17.0. The molecule has 0 fully saturated rings. The molecule has 0 radical (unpaired) electrons. The summed E-state index contributed by atoms with van der Waals surface area (Å²) >= 11 is 0. The number of Topliss-reactive ketones (excluding diaryl/α,β-unsaturated/α-hetero) is 1. The Hall–Kier alpha value is -2.94. The fourth-order valence-electron chi connectivity index (χ4n) is 5.56. The highest BCUT2D eigenvalue weighted by Gasteiger charge is 2.49. The van der Waals surface area contributed by atoms with Gasteiger partial charge in [0, 0.05) is 42.0 Å². The Morgan fingerprint density at radius 3 is 3.03 bits per heavy atom. The molecule has 2 heterocycles. The lowest BCUT2D eigenvalue weighted by Gasteiger charge is -2.43. The van der Waals surface area contributed by atoms with Crippen LogP contribution in [-0.2, 0) is 9.53 Å². The van der Waals surface area contributed by atoms with Crippen molar-refractivity contribution in [1.29, 1.82) is 0 Å². The van der Waals surface area contributed by atoms with Gasteiger partial charge in [-0.15, -0.1) is 0 Å². The van der Waals surface area contributed by atoms with Crippen LogP contribution >= 0.6 is 0 Å². The Kier molecular flexibility index (Phi) is 3.53. The van der Waals surface area contributed by atoms with Gasteiger partial charge < -0.3 is 4.74 Å². The van der Waals surface area contributed by atoms with Gasteiger partial charge in [-0.05, 0) is 53.1 Å². The molecule has 1 aliphatic heterocycles.